The molecule has 1 N–H and O–H groups in total. The summed E-state index contributed by atoms with van der Waals surface area (Å²) < 4.78 is 5.76. The highest BCUT2D eigenvalue weighted by molar-refractivity contribution is 6.36. The second-order valence-electron chi connectivity index (χ2n) is 7.91. The first-order chi connectivity index (χ1) is 16.4. The van der Waals surface area contributed by atoms with Crippen molar-refractivity contribution < 1.29 is 9.21 Å². The van der Waals surface area contributed by atoms with Gasteiger partial charge in [0.2, 0.25) is 0 Å². The Bertz CT molecular complexity index is 1520. The summed E-state index contributed by atoms with van der Waals surface area (Å²) in [6, 6.07) is 20.2. The van der Waals surface area contributed by atoms with E-state index in [9.17, 15) is 4.79 Å². The molecule has 0 aliphatic rings. The van der Waals surface area contributed by atoms with Crippen LogP contribution in [0.3, 0.4) is 0 Å². The van der Waals surface area contributed by atoms with Crippen LogP contribution in [-0.4, -0.2) is 20.9 Å². The van der Waals surface area contributed by atoms with E-state index in [1.165, 1.54) is 5.56 Å². The maximum absolute atomic E-state index is 12.9. The van der Waals surface area contributed by atoms with Crippen LogP contribution in [0.25, 0.3) is 28.0 Å². The van der Waals surface area contributed by atoms with E-state index in [0.29, 0.717) is 32.6 Å². The van der Waals surface area contributed by atoms with Crippen molar-refractivity contribution in [2.45, 2.75) is 20.3 Å². The van der Waals surface area contributed by atoms with E-state index in [-0.39, 0.29) is 11.7 Å². The van der Waals surface area contributed by atoms with Gasteiger partial charge in [-0.2, -0.15) is 4.80 Å². The quantitative estimate of drug-likeness (QED) is 0.284. The molecule has 1 amide bonds. The lowest BCUT2D eigenvalue weighted by Gasteiger charge is -2.07. The fraction of sp³-hybridized carbons (Fsp3) is 0.115. The van der Waals surface area contributed by atoms with Gasteiger partial charge >= 0.3 is 0 Å². The Labute approximate surface area is 206 Å². The standard InChI is InChI=1S/C26H20Cl2N4O2/c1-3-16-4-7-18(8-5-16)32-30-22-12-15(2)21(14-23(22)31-32)29-26(33)25-11-10-24(34-25)19-9-6-17(27)13-20(19)28/h4-14H,3H2,1-2H3,(H,29,33). The van der Waals surface area contributed by atoms with Gasteiger partial charge in [-0.05, 0) is 79.1 Å². The van der Waals surface area contributed by atoms with Gasteiger partial charge in [0.05, 0.1) is 10.7 Å². The van der Waals surface area contributed by atoms with E-state index >= 15 is 0 Å². The lowest BCUT2D eigenvalue weighted by molar-refractivity contribution is 0.0997. The van der Waals surface area contributed by atoms with Gasteiger partial charge in [-0.3, -0.25) is 4.79 Å². The third kappa shape index (κ3) is 4.30. The molecule has 0 bridgehead atoms. The molecule has 0 saturated carbocycles. The normalized spacial score (nSPS) is 11.2. The number of fused-ring (bicyclic) bond motifs is 1. The van der Waals surface area contributed by atoms with Gasteiger partial charge in [0.25, 0.3) is 5.91 Å². The zero-order valence-corrected chi connectivity index (χ0v) is 20.0. The van der Waals surface area contributed by atoms with E-state index in [4.69, 9.17) is 27.6 Å². The van der Waals surface area contributed by atoms with Crippen LogP contribution < -0.4 is 5.32 Å². The third-order valence-corrected chi connectivity index (χ3v) is 6.12. The zero-order valence-electron chi connectivity index (χ0n) is 18.5. The molecule has 170 valence electrons. The number of rotatable bonds is 5. The predicted molar refractivity (Wildman–Crippen MR) is 135 cm³/mol. The average molecular weight is 491 g/mol. The van der Waals surface area contributed by atoms with Crippen LogP contribution in [0.15, 0.2) is 71.1 Å². The van der Waals surface area contributed by atoms with E-state index in [1.807, 2.05) is 31.2 Å². The second kappa shape index (κ2) is 8.97. The van der Waals surface area contributed by atoms with Crippen molar-refractivity contribution >= 4 is 45.8 Å². The number of benzene rings is 3. The third-order valence-electron chi connectivity index (χ3n) is 5.58. The van der Waals surface area contributed by atoms with E-state index in [0.717, 1.165) is 23.2 Å². The minimum absolute atomic E-state index is 0.167. The number of aryl methyl sites for hydroxylation is 2. The SMILES string of the molecule is CCc1ccc(-n2nc3cc(C)c(NC(=O)c4ccc(-c5ccc(Cl)cc5Cl)o4)cc3n2)cc1. The number of carbonyl (C=O) groups excluding carboxylic acids is 1. The molecule has 0 spiro atoms. The van der Waals surface area contributed by atoms with Crippen molar-refractivity contribution in [3.05, 3.63) is 93.7 Å². The summed E-state index contributed by atoms with van der Waals surface area (Å²) in [4.78, 5) is 14.5. The summed E-state index contributed by atoms with van der Waals surface area (Å²) in [7, 11) is 0. The van der Waals surface area contributed by atoms with Gasteiger partial charge in [-0.25, -0.2) is 0 Å². The molecule has 0 atom stereocenters. The molecule has 0 radical (unpaired) electrons. The van der Waals surface area contributed by atoms with Gasteiger partial charge in [0.1, 0.15) is 16.8 Å². The summed E-state index contributed by atoms with van der Waals surface area (Å²) in [5.74, 6) is 0.275. The molecule has 0 unspecified atom stereocenters. The summed E-state index contributed by atoms with van der Waals surface area (Å²) in [6.45, 7) is 4.02. The number of halogens is 2. The summed E-state index contributed by atoms with van der Waals surface area (Å²) in [5, 5.41) is 13.0. The van der Waals surface area contributed by atoms with Gasteiger partial charge in [-0.1, -0.05) is 42.3 Å². The highest BCUT2D eigenvalue weighted by atomic mass is 35.5. The number of amides is 1. The number of furan rings is 1. The van der Waals surface area contributed by atoms with Gasteiger partial charge in [-0.15, -0.1) is 10.2 Å². The monoisotopic (exact) mass is 490 g/mol. The van der Waals surface area contributed by atoms with Crippen LogP contribution in [-0.2, 0) is 6.42 Å². The highest BCUT2D eigenvalue weighted by Crippen LogP contribution is 2.32. The molecule has 0 aliphatic carbocycles. The molecule has 0 saturated heterocycles. The summed E-state index contributed by atoms with van der Waals surface area (Å²) in [6.07, 6.45) is 0.973. The number of nitrogens with one attached hydrogen (secondary N) is 1. The van der Waals surface area contributed by atoms with E-state index in [2.05, 4.69) is 34.6 Å². The Hall–Kier alpha value is -3.61. The van der Waals surface area contributed by atoms with Gasteiger partial charge in [0, 0.05) is 16.3 Å². The largest absolute Gasteiger partial charge is 0.451 e. The molecule has 0 fully saturated rings. The van der Waals surface area contributed by atoms with Crippen molar-refractivity contribution in [3.63, 3.8) is 0 Å². The zero-order chi connectivity index (χ0) is 23.8. The molecule has 6 nitrogen and oxygen atoms in total. The highest BCUT2D eigenvalue weighted by Gasteiger charge is 2.16. The first-order valence-corrected chi connectivity index (χ1v) is 11.5. The molecule has 34 heavy (non-hydrogen) atoms. The number of carbonyl (C=O) groups is 1. The van der Waals surface area contributed by atoms with E-state index < -0.39 is 0 Å². The molecular weight excluding hydrogens is 471 g/mol. The van der Waals surface area contributed by atoms with Crippen molar-refractivity contribution in [2.75, 3.05) is 5.32 Å². The van der Waals surface area contributed by atoms with E-state index in [1.54, 1.807) is 35.1 Å². The Kier molecular flexibility index (Phi) is 5.86. The average Bonchev–Trinajstić information content (AvgIpc) is 3.47. The fourth-order valence-electron chi connectivity index (χ4n) is 3.66. The molecule has 2 aromatic heterocycles. The maximum Gasteiger partial charge on any atom is 0.291 e. The van der Waals surface area contributed by atoms with Crippen LogP contribution in [0.4, 0.5) is 5.69 Å². The minimum Gasteiger partial charge on any atom is -0.451 e. The number of hydrogen-bond donors (Lipinski definition) is 1. The Morgan fingerprint density at radius 1 is 0.971 bits per heavy atom. The summed E-state index contributed by atoms with van der Waals surface area (Å²) >= 11 is 12.2. The molecule has 8 heteroatoms. The fourth-order valence-corrected chi connectivity index (χ4v) is 4.16. The van der Waals surface area contributed by atoms with Crippen molar-refractivity contribution in [1.29, 1.82) is 0 Å². The number of nitrogens with zero attached hydrogens (tertiary/aromatic N) is 3. The van der Waals surface area contributed by atoms with Gasteiger partial charge < -0.3 is 9.73 Å². The lowest BCUT2D eigenvalue weighted by Crippen LogP contribution is -2.11. The molecule has 5 rings (SSSR count). The second-order valence-corrected chi connectivity index (χ2v) is 8.75. The summed E-state index contributed by atoms with van der Waals surface area (Å²) in [5.41, 5.74) is 5.70. The lowest BCUT2D eigenvalue weighted by atomic mass is 10.1. The van der Waals surface area contributed by atoms with Crippen LogP contribution in [0.2, 0.25) is 10.0 Å². The first kappa shape index (κ1) is 22.2. The van der Waals surface area contributed by atoms with Crippen LogP contribution in [0, 0.1) is 6.92 Å². The van der Waals surface area contributed by atoms with Crippen LogP contribution in [0.5, 0.6) is 0 Å². The van der Waals surface area contributed by atoms with Crippen LogP contribution in [0.1, 0.15) is 28.6 Å². The van der Waals surface area contributed by atoms with Crippen molar-refractivity contribution in [1.82, 2.24) is 15.0 Å². The number of anilines is 1. The predicted octanol–water partition coefficient (Wildman–Crippen LogP) is 7.11. The maximum atomic E-state index is 12.9. The Balaban J connectivity index is 1.39. The number of hydrogen-bond acceptors (Lipinski definition) is 4. The molecule has 3 aromatic carbocycles. The molecule has 5 aromatic rings. The molecule has 0 aliphatic heterocycles. The van der Waals surface area contributed by atoms with Crippen LogP contribution >= 0.6 is 23.2 Å². The molecular formula is C26H20Cl2N4O2. The smallest absolute Gasteiger partial charge is 0.291 e. The minimum atomic E-state index is -0.374. The van der Waals surface area contributed by atoms with Gasteiger partial charge in [0.15, 0.2) is 5.76 Å². The number of aromatic nitrogens is 3. The Morgan fingerprint density at radius 3 is 2.41 bits per heavy atom. The first-order valence-electron chi connectivity index (χ1n) is 10.7. The topological polar surface area (TPSA) is 73.0 Å². The van der Waals surface area contributed by atoms with Crippen molar-refractivity contribution in [3.8, 4) is 17.0 Å². The molecule has 2 heterocycles. The van der Waals surface area contributed by atoms with Crippen molar-refractivity contribution in [2.24, 2.45) is 0 Å². The Morgan fingerprint density at radius 2 is 1.71 bits per heavy atom.